The molecule has 1 aliphatic heterocycles. The molecule has 0 bridgehead atoms. The van der Waals surface area contributed by atoms with Crippen LogP contribution in [0, 0.1) is 0 Å². The van der Waals surface area contributed by atoms with Gasteiger partial charge in [0, 0.05) is 25.4 Å². The second kappa shape index (κ2) is 6.61. The number of carbonyl (C=O) groups is 1. The van der Waals surface area contributed by atoms with Gasteiger partial charge in [-0.2, -0.15) is 5.10 Å². The number of rotatable bonds is 3. The number of amides is 1. The van der Waals surface area contributed by atoms with E-state index in [0.29, 0.717) is 6.54 Å². The Hall–Kier alpha value is -1.07. The van der Waals surface area contributed by atoms with Gasteiger partial charge in [-0.15, -0.1) is 12.4 Å². The highest BCUT2D eigenvalue weighted by molar-refractivity contribution is 5.85. The zero-order valence-corrected chi connectivity index (χ0v) is 10.8. The molecule has 0 unspecified atom stereocenters. The van der Waals surface area contributed by atoms with E-state index in [0.717, 1.165) is 24.9 Å². The first-order valence-corrected chi connectivity index (χ1v) is 5.74. The number of hydrogen-bond donors (Lipinski definition) is 2. The molecule has 0 radical (unpaired) electrons. The van der Waals surface area contributed by atoms with Crippen LogP contribution in [0.5, 0.6) is 0 Å². The molecular formula is C11H19ClN4O. The highest BCUT2D eigenvalue weighted by Crippen LogP contribution is 2.07. The number of halogens is 1. The van der Waals surface area contributed by atoms with Crippen LogP contribution in [-0.2, 0) is 18.4 Å². The topological polar surface area (TPSA) is 59.0 Å². The highest BCUT2D eigenvalue weighted by Gasteiger charge is 2.19. The van der Waals surface area contributed by atoms with Crippen molar-refractivity contribution in [3.8, 4) is 0 Å². The lowest BCUT2D eigenvalue weighted by Crippen LogP contribution is -2.46. The van der Waals surface area contributed by atoms with Crippen molar-refractivity contribution in [2.24, 2.45) is 7.05 Å². The second-order valence-corrected chi connectivity index (χ2v) is 4.24. The van der Waals surface area contributed by atoms with Gasteiger partial charge in [0.15, 0.2) is 0 Å². The fourth-order valence-electron chi connectivity index (χ4n) is 1.95. The van der Waals surface area contributed by atoms with E-state index in [2.05, 4.69) is 15.7 Å². The van der Waals surface area contributed by atoms with Gasteiger partial charge >= 0.3 is 0 Å². The summed E-state index contributed by atoms with van der Waals surface area (Å²) in [6, 6.07) is -0.00887. The molecule has 2 N–H and O–H groups in total. The predicted molar refractivity (Wildman–Crippen MR) is 67.9 cm³/mol. The number of hydrogen-bond acceptors (Lipinski definition) is 3. The average Bonchev–Trinajstić information content (AvgIpc) is 2.73. The molecule has 96 valence electrons. The Balaban J connectivity index is 0.00000144. The molecule has 2 heterocycles. The molecule has 0 aromatic carbocycles. The van der Waals surface area contributed by atoms with Crippen molar-refractivity contribution in [1.82, 2.24) is 20.4 Å². The molecule has 6 heteroatoms. The maximum atomic E-state index is 11.8. The molecule has 0 spiro atoms. The summed E-state index contributed by atoms with van der Waals surface area (Å²) in [6.07, 6.45) is 6.94. The molecule has 5 nitrogen and oxygen atoms in total. The highest BCUT2D eigenvalue weighted by atomic mass is 35.5. The molecule has 2 rings (SSSR count). The van der Waals surface area contributed by atoms with E-state index >= 15 is 0 Å². The molecular weight excluding hydrogens is 240 g/mol. The van der Waals surface area contributed by atoms with E-state index in [1.165, 1.54) is 6.42 Å². The lowest BCUT2D eigenvalue weighted by atomic mass is 10.0. The van der Waals surface area contributed by atoms with E-state index < -0.39 is 0 Å². The normalized spacial score (nSPS) is 19.5. The number of aryl methyl sites for hydroxylation is 1. The third kappa shape index (κ3) is 4.02. The van der Waals surface area contributed by atoms with E-state index in [1.54, 1.807) is 10.9 Å². The van der Waals surface area contributed by atoms with Crippen LogP contribution in [0.25, 0.3) is 0 Å². The van der Waals surface area contributed by atoms with E-state index in [-0.39, 0.29) is 24.4 Å². The SMILES string of the molecule is Cl.Cn1cc(CNC(=O)[C@@H]2CCCCN2)cn1. The molecule has 1 aromatic heterocycles. The largest absolute Gasteiger partial charge is 0.351 e. The third-order valence-corrected chi connectivity index (χ3v) is 2.85. The third-order valence-electron chi connectivity index (χ3n) is 2.85. The first-order valence-electron chi connectivity index (χ1n) is 5.74. The molecule has 0 saturated carbocycles. The zero-order chi connectivity index (χ0) is 11.4. The van der Waals surface area contributed by atoms with Gasteiger partial charge in [-0.3, -0.25) is 9.48 Å². The number of nitrogens with zero attached hydrogens (tertiary/aromatic N) is 2. The Morgan fingerprint density at radius 3 is 3.06 bits per heavy atom. The maximum absolute atomic E-state index is 11.8. The Labute approximate surface area is 107 Å². The quantitative estimate of drug-likeness (QED) is 0.835. The lowest BCUT2D eigenvalue weighted by molar-refractivity contribution is -0.123. The van der Waals surface area contributed by atoms with Crippen LogP contribution >= 0.6 is 12.4 Å². The van der Waals surface area contributed by atoms with E-state index in [4.69, 9.17) is 0 Å². The molecule has 1 atom stereocenters. The Kier molecular flexibility index (Phi) is 5.44. The van der Waals surface area contributed by atoms with Gasteiger partial charge in [-0.05, 0) is 19.4 Å². The van der Waals surface area contributed by atoms with Crippen LogP contribution < -0.4 is 10.6 Å². The van der Waals surface area contributed by atoms with Crippen molar-refractivity contribution in [3.63, 3.8) is 0 Å². The first-order chi connectivity index (χ1) is 7.75. The number of piperidine rings is 1. The first kappa shape index (κ1) is 14.0. The lowest BCUT2D eigenvalue weighted by Gasteiger charge is -2.22. The number of carbonyl (C=O) groups excluding carboxylic acids is 1. The Morgan fingerprint density at radius 1 is 1.65 bits per heavy atom. The van der Waals surface area contributed by atoms with Gasteiger partial charge in [0.05, 0.1) is 12.2 Å². The summed E-state index contributed by atoms with van der Waals surface area (Å²) in [4.78, 5) is 11.8. The summed E-state index contributed by atoms with van der Waals surface area (Å²) in [5, 5.41) is 10.2. The molecule has 17 heavy (non-hydrogen) atoms. The summed E-state index contributed by atoms with van der Waals surface area (Å²) in [6.45, 7) is 1.51. The molecule has 0 aliphatic carbocycles. The van der Waals surface area contributed by atoms with Crippen molar-refractivity contribution in [3.05, 3.63) is 18.0 Å². The fourth-order valence-corrected chi connectivity index (χ4v) is 1.95. The van der Waals surface area contributed by atoms with Crippen molar-refractivity contribution in [1.29, 1.82) is 0 Å². The minimum atomic E-state index is -0.00887. The van der Waals surface area contributed by atoms with Gasteiger partial charge in [0.2, 0.25) is 5.91 Å². The van der Waals surface area contributed by atoms with Crippen molar-refractivity contribution in [2.75, 3.05) is 6.54 Å². The van der Waals surface area contributed by atoms with Crippen LogP contribution in [0.15, 0.2) is 12.4 Å². The standard InChI is InChI=1S/C11H18N4O.ClH/c1-15-8-9(7-14-15)6-13-11(16)10-4-2-3-5-12-10;/h7-8,10,12H,2-6H2,1H3,(H,13,16);1H/t10-;/m0./s1. The van der Waals surface area contributed by atoms with E-state index in [9.17, 15) is 4.79 Å². The zero-order valence-electron chi connectivity index (χ0n) is 9.98. The molecule has 1 aliphatic rings. The van der Waals surface area contributed by atoms with Gasteiger partial charge in [0.1, 0.15) is 0 Å². The van der Waals surface area contributed by atoms with Gasteiger partial charge < -0.3 is 10.6 Å². The summed E-state index contributed by atoms with van der Waals surface area (Å²) in [5.74, 6) is 0.101. The monoisotopic (exact) mass is 258 g/mol. The van der Waals surface area contributed by atoms with Gasteiger partial charge in [-0.25, -0.2) is 0 Å². The predicted octanol–water partition coefficient (Wildman–Crippen LogP) is 0.600. The summed E-state index contributed by atoms with van der Waals surface area (Å²) < 4.78 is 1.74. The van der Waals surface area contributed by atoms with Crippen molar-refractivity contribution >= 4 is 18.3 Å². The minimum absolute atomic E-state index is 0. The maximum Gasteiger partial charge on any atom is 0.237 e. The van der Waals surface area contributed by atoms with E-state index in [1.807, 2.05) is 13.2 Å². The second-order valence-electron chi connectivity index (χ2n) is 4.24. The van der Waals surface area contributed by atoms with Crippen LogP contribution in [-0.4, -0.2) is 28.3 Å². The van der Waals surface area contributed by atoms with Gasteiger partial charge in [0.25, 0.3) is 0 Å². The van der Waals surface area contributed by atoms with Crippen LogP contribution in [0.4, 0.5) is 0 Å². The van der Waals surface area contributed by atoms with Crippen LogP contribution in [0.1, 0.15) is 24.8 Å². The van der Waals surface area contributed by atoms with Crippen LogP contribution in [0.3, 0.4) is 0 Å². The van der Waals surface area contributed by atoms with Crippen molar-refractivity contribution in [2.45, 2.75) is 31.8 Å². The summed E-state index contributed by atoms with van der Waals surface area (Å²) in [5.41, 5.74) is 1.03. The molecule has 1 amide bonds. The summed E-state index contributed by atoms with van der Waals surface area (Å²) in [7, 11) is 1.87. The Morgan fingerprint density at radius 2 is 2.47 bits per heavy atom. The smallest absolute Gasteiger partial charge is 0.237 e. The molecule has 1 fully saturated rings. The van der Waals surface area contributed by atoms with Gasteiger partial charge in [-0.1, -0.05) is 6.42 Å². The molecule has 1 saturated heterocycles. The van der Waals surface area contributed by atoms with Crippen molar-refractivity contribution < 1.29 is 4.79 Å². The number of aromatic nitrogens is 2. The molecule has 1 aromatic rings. The minimum Gasteiger partial charge on any atom is -0.351 e. The average molecular weight is 259 g/mol. The Bertz CT molecular complexity index is 360. The summed E-state index contributed by atoms with van der Waals surface area (Å²) >= 11 is 0. The number of nitrogens with one attached hydrogen (secondary N) is 2. The fraction of sp³-hybridized carbons (Fsp3) is 0.636. The van der Waals surface area contributed by atoms with Crippen LogP contribution in [0.2, 0.25) is 0 Å².